The molecule has 10 heteroatoms. The minimum absolute atomic E-state index is 0.106. The van der Waals surface area contributed by atoms with E-state index in [9.17, 15) is 9.18 Å². The summed E-state index contributed by atoms with van der Waals surface area (Å²) in [6.45, 7) is 1.53. The Balaban J connectivity index is 1.18. The van der Waals surface area contributed by atoms with Gasteiger partial charge in [-0.15, -0.1) is 0 Å². The van der Waals surface area contributed by atoms with Crippen LogP contribution in [0.4, 0.5) is 15.8 Å². The first-order valence-electron chi connectivity index (χ1n) is 15.3. The predicted molar refractivity (Wildman–Crippen MR) is 186 cm³/mol. The first-order valence-corrected chi connectivity index (χ1v) is 15.3. The number of H-pyrrole nitrogens is 2. The molecule has 7 aromatic rings. The molecule has 0 aliphatic heterocycles. The molecular weight excluding hydrogens is 591 g/mol. The van der Waals surface area contributed by atoms with Crippen LogP contribution in [0.3, 0.4) is 0 Å². The van der Waals surface area contributed by atoms with Gasteiger partial charge >= 0.3 is 0 Å². The van der Waals surface area contributed by atoms with Crippen molar-refractivity contribution in [3.63, 3.8) is 0 Å². The number of pyridine rings is 2. The topological polar surface area (TPSA) is 115 Å². The van der Waals surface area contributed by atoms with E-state index in [2.05, 4.69) is 46.7 Å². The summed E-state index contributed by atoms with van der Waals surface area (Å²) in [6.07, 6.45) is 7.23. The molecule has 0 atom stereocenters. The van der Waals surface area contributed by atoms with Crippen molar-refractivity contribution in [1.29, 1.82) is 0 Å². The van der Waals surface area contributed by atoms with Crippen molar-refractivity contribution in [3.8, 4) is 33.6 Å². The molecule has 0 radical (unpaired) electrons. The van der Waals surface area contributed by atoms with Gasteiger partial charge in [-0.2, -0.15) is 5.10 Å². The van der Waals surface area contributed by atoms with Crippen LogP contribution in [0.5, 0.6) is 0 Å². The molecule has 0 saturated carbocycles. The SMILES string of the molecule is CN(C)CCNc1cc(F)cc(-c2cncc3[nH]c(-c4n[nH]c5ccc(-c6cncc(NC(=O)Cc7ccccc7)c6)cc45)cc23)c1. The molecule has 0 unspecified atom stereocenters. The molecule has 0 aliphatic rings. The molecule has 4 heterocycles. The van der Waals surface area contributed by atoms with E-state index >= 15 is 0 Å². The highest BCUT2D eigenvalue weighted by Gasteiger charge is 2.16. The molecule has 47 heavy (non-hydrogen) atoms. The largest absolute Gasteiger partial charge is 0.384 e. The second-order valence-electron chi connectivity index (χ2n) is 11.8. The second kappa shape index (κ2) is 12.9. The molecule has 4 aromatic heterocycles. The third kappa shape index (κ3) is 6.58. The number of nitrogens with one attached hydrogen (secondary N) is 4. The number of hydrogen-bond acceptors (Lipinski definition) is 6. The number of halogens is 1. The van der Waals surface area contributed by atoms with Crippen molar-refractivity contribution < 1.29 is 9.18 Å². The highest BCUT2D eigenvalue weighted by Crippen LogP contribution is 2.36. The smallest absolute Gasteiger partial charge is 0.228 e. The van der Waals surface area contributed by atoms with Crippen LogP contribution >= 0.6 is 0 Å². The van der Waals surface area contributed by atoms with E-state index in [0.717, 1.165) is 73.2 Å². The van der Waals surface area contributed by atoms with Gasteiger partial charge in [0.25, 0.3) is 0 Å². The Bertz CT molecular complexity index is 2210. The standard InChI is InChI=1S/C37H33FN8O/c1-46(2)11-10-41-28-14-25(13-27(38)17-28)32-21-40-22-35-30(32)18-34(43-35)37-31-16-24(8-9-33(31)44-45-37)26-15-29(20-39-19-26)42-36(47)12-23-6-4-3-5-7-23/h3-9,13-22,41,43H,10-12H2,1-2H3,(H,42,47)(H,44,45). The van der Waals surface area contributed by atoms with E-state index < -0.39 is 0 Å². The highest BCUT2D eigenvalue weighted by atomic mass is 19.1. The van der Waals surface area contributed by atoms with E-state index in [1.165, 1.54) is 12.1 Å². The fourth-order valence-electron chi connectivity index (χ4n) is 5.73. The van der Waals surface area contributed by atoms with Gasteiger partial charge in [0, 0.05) is 53.1 Å². The lowest BCUT2D eigenvalue weighted by atomic mass is 10.0. The van der Waals surface area contributed by atoms with Crippen molar-refractivity contribution in [2.24, 2.45) is 0 Å². The Morgan fingerprint density at radius 1 is 0.809 bits per heavy atom. The van der Waals surface area contributed by atoms with Crippen LogP contribution in [0.1, 0.15) is 5.56 Å². The fourth-order valence-corrected chi connectivity index (χ4v) is 5.73. The Hall–Kier alpha value is -5.87. The number of benzene rings is 3. The molecule has 9 nitrogen and oxygen atoms in total. The minimum Gasteiger partial charge on any atom is -0.384 e. The van der Waals surface area contributed by atoms with E-state index in [-0.39, 0.29) is 18.1 Å². The van der Waals surface area contributed by atoms with Gasteiger partial charge in [-0.3, -0.25) is 19.9 Å². The fraction of sp³-hybridized carbons (Fsp3) is 0.135. The van der Waals surface area contributed by atoms with Crippen molar-refractivity contribution in [2.75, 3.05) is 37.8 Å². The molecule has 3 aromatic carbocycles. The average molecular weight is 625 g/mol. The molecule has 0 aliphatic carbocycles. The average Bonchev–Trinajstić information content (AvgIpc) is 3.69. The summed E-state index contributed by atoms with van der Waals surface area (Å²) in [7, 11) is 4.00. The van der Waals surface area contributed by atoms with Crippen LogP contribution in [-0.4, -0.2) is 63.1 Å². The van der Waals surface area contributed by atoms with Crippen LogP contribution < -0.4 is 10.6 Å². The number of carbonyl (C=O) groups excluding carboxylic acids is 1. The van der Waals surface area contributed by atoms with Crippen LogP contribution in [0.2, 0.25) is 0 Å². The van der Waals surface area contributed by atoms with Crippen molar-refractivity contribution in [1.82, 2.24) is 30.0 Å². The van der Waals surface area contributed by atoms with Crippen LogP contribution in [0.15, 0.2) is 104 Å². The maximum atomic E-state index is 14.7. The van der Waals surface area contributed by atoms with Gasteiger partial charge in [-0.25, -0.2) is 4.39 Å². The summed E-state index contributed by atoms with van der Waals surface area (Å²) in [5, 5.41) is 15.9. The minimum atomic E-state index is -0.317. The van der Waals surface area contributed by atoms with Crippen molar-refractivity contribution >= 4 is 39.1 Å². The van der Waals surface area contributed by atoms with Crippen molar-refractivity contribution in [3.05, 3.63) is 115 Å². The van der Waals surface area contributed by atoms with E-state index in [1.807, 2.05) is 74.8 Å². The number of carbonyl (C=O) groups is 1. The molecule has 0 spiro atoms. The second-order valence-corrected chi connectivity index (χ2v) is 11.8. The molecule has 0 fully saturated rings. The van der Waals surface area contributed by atoms with E-state index in [0.29, 0.717) is 12.2 Å². The van der Waals surface area contributed by atoms with E-state index in [4.69, 9.17) is 0 Å². The predicted octanol–water partition coefficient (Wildman–Crippen LogP) is 7.13. The summed E-state index contributed by atoms with van der Waals surface area (Å²) in [5.74, 6) is -0.423. The maximum absolute atomic E-state index is 14.7. The van der Waals surface area contributed by atoms with Gasteiger partial charge in [-0.05, 0) is 73.3 Å². The Kier molecular flexibility index (Phi) is 8.16. The number of aromatic nitrogens is 5. The number of nitrogens with zero attached hydrogens (tertiary/aromatic N) is 4. The molecule has 0 bridgehead atoms. The molecular formula is C37H33FN8O. The lowest BCUT2D eigenvalue weighted by molar-refractivity contribution is -0.115. The molecule has 0 saturated heterocycles. The Morgan fingerprint density at radius 2 is 1.64 bits per heavy atom. The normalized spacial score (nSPS) is 11.4. The quantitative estimate of drug-likeness (QED) is 0.129. The first kappa shape index (κ1) is 29.8. The number of amides is 1. The van der Waals surface area contributed by atoms with Crippen molar-refractivity contribution in [2.45, 2.75) is 6.42 Å². The number of rotatable bonds is 10. The highest BCUT2D eigenvalue weighted by molar-refractivity contribution is 6.02. The Labute approximate surface area is 270 Å². The summed E-state index contributed by atoms with van der Waals surface area (Å²) < 4.78 is 14.7. The molecule has 234 valence electrons. The Morgan fingerprint density at radius 3 is 2.49 bits per heavy atom. The summed E-state index contributed by atoms with van der Waals surface area (Å²) in [6, 6.07) is 24.6. The number of aromatic amines is 2. The zero-order chi connectivity index (χ0) is 32.3. The summed E-state index contributed by atoms with van der Waals surface area (Å²) in [5.41, 5.74) is 8.87. The zero-order valence-corrected chi connectivity index (χ0v) is 26.0. The monoisotopic (exact) mass is 624 g/mol. The zero-order valence-electron chi connectivity index (χ0n) is 26.0. The van der Waals surface area contributed by atoms with Crippen LogP contribution in [-0.2, 0) is 11.2 Å². The summed E-state index contributed by atoms with van der Waals surface area (Å²) in [4.78, 5) is 27.1. The first-order chi connectivity index (χ1) is 22.9. The molecule has 7 rings (SSSR count). The van der Waals surface area contributed by atoms with Crippen LogP contribution in [0.25, 0.3) is 55.4 Å². The lowest BCUT2D eigenvalue weighted by Crippen LogP contribution is -2.20. The van der Waals surface area contributed by atoms with Gasteiger partial charge < -0.3 is 20.5 Å². The molecule has 4 N–H and O–H groups in total. The van der Waals surface area contributed by atoms with Gasteiger partial charge in [0.05, 0.1) is 41.2 Å². The van der Waals surface area contributed by atoms with Gasteiger partial charge in [0.2, 0.25) is 5.91 Å². The van der Waals surface area contributed by atoms with Crippen LogP contribution in [0, 0.1) is 5.82 Å². The lowest BCUT2D eigenvalue weighted by Gasteiger charge is -2.13. The van der Waals surface area contributed by atoms with Gasteiger partial charge in [0.1, 0.15) is 11.5 Å². The third-order valence-electron chi connectivity index (χ3n) is 8.02. The maximum Gasteiger partial charge on any atom is 0.228 e. The number of fused-ring (bicyclic) bond motifs is 2. The molecule has 1 amide bonds. The number of hydrogen-bond donors (Lipinski definition) is 4. The van der Waals surface area contributed by atoms with E-state index in [1.54, 1.807) is 24.8 Å². The summed E-state index contributed by atoms with van der Waals surface area (Å²) >= 11 is 0. The third-order valence-corrected chi connectivity index (χ3v) is 8.02. The number of anilines is 2. The van der Waals surface area contributed by atoms with Gasteiger partial charge in [-0.1, -0.05) is 36.4 Å². The number of likely N-dealkylation sites (N-methyl/N-ethyl adjacent to an activating group) is 1. The van der Waals surface area contributed by atoms with Gasteiger partial charge in [0.15, 0.2) is 0 Å².